The maximum absolute atomic E-state index is 12.7. The molecule has 0 unspecified atom stereocenters. The Morgan fingerprint density at radius 3 is 2.70 bits per heavy atom. The number of carbonyl (C=O) groups excluding carboxylic acids is 2. The van der Waals surface area contributed by atoms with Crippen LogP contribution < -0.4 is 10.1 Å². The highest BCUT2D eigenvalue weighted by Gasteiger charge is 2.23. The third-order valence-corrected chi connectivity index (χ3v) is 6.78. The molecule has 0 radical (unpaired) electrons. The molecule has 1 aromatic carbocycles. The molecule has 10 heteroatoms. The van der Waals surface area contributed by atoms with Crippen molar-refractivity contribution in [2.45, 2.75) is 38.6 Å². The Morgan fingerprint density at radius 2 is 2.03 bits per heavy atom. The van der Waals surface area contributed by atoms with Crippen molar-refractivity contribution in [1.82, 2.24) is 14.8 Å². The molecule has 0 spiro atoms. The van der Waals surface area contributed by atoms with Gasteiger partial charge in [0.1, 0.15) is 17.4 Å². The molecule has 8 nitrogen and oxygen atoms in total. The van der Waals surface area contributed by atoms with E-state index in [1.165, 1.54) is 30.2 Å². The van der Waals surface area contributed by atoms with Crippen LogP contribution in [0.1, 0.15) is 33.5 Å². The highest BCUT2D eigenvalue weighted by atomic mass is 32.2. The first-order valence-corrected chi connectivity index (χ1v) is 12.1. The van der Waals surface area contributed by atoms with Crippen LogP contribution in [0.5, 0.6) is 5.75 Å². The fourth-order valence-corrected chi connectivity index (χ4v) is 5.13. The van der Waals surface area contributed by atoms with Crippen molar-refractivity contribution in [3.63, 3.8) is 0 Å². The van der Waals surface area contributed by atoms with E-state index in [1.54, 1.807) is 6.08 Å². The van der Waals surface area contributed by atoms with E-state index < -0.39 is 5.97 Å². The van der Waals surface area contributed by atoms with Crippen LogP contribution in [-0.2, 0) is 29.1 Å². The van der Waals surface area contributed by atoms with Crippen molar-refractivity contribution >= 4 is 40.0 Å². The summed E-state index contributed by atoms with van der Waals surface area (Å²) in [6, 6.07) is 9.45. The summed E-state index contributed by atoms with van der Waals surface area (Å²) < 4.78 is 12.6. The number of ether oxygens (including phenoxy) is 2. The van der Waals surface area contributed by atoms with Gasteiger partial charge < -0.3 is 14.8 Å². The molecule has 0 aliphatic carbocycles. The first-order chi connectivity index (χ1) is 16.0. The Hall–Kier alpha value is -3.11. The van der Waals surface area contributed by atoms with Gasteiger partial charge in [0.05, 0.1) is 18.4 Å². The van der Waals surface area contributed by atoms with Crippen LogP contribution in [0.4, 0.5) is 5.00 Å². The van der Waals surface area contributed by atoms with Crippen LogP contribution in [0.25, 0.3) is 0 Å². The van der Waals surface area contributed by atoms with Gasteiger partial charge in [0.2, 0.25) is 5.91 Å². The number of methoxy groups -OCH3 is 1. The standard InChI is InChI=1S/C23H26N4O4S2/c1-5-12-27-18(13-31-16-10-8-7-9-11-16)25-26-23(27)32-14-19(28)24-21-20(22(29)30-4)17(6-2)15(3)33-21/h5,7-11H,1,6,12-14H2,2-4H3,(H,24,28). The number of benzene rings is 1. The van der Waals surface area contributed by atoms with Gasteiger partial charge >= 0.3 is 5.97 Å². The summed E-state index contributed by atoms with van der Waals surface area (Å²) in [6.07, 6.45) is 2.42. The average molecular weight is 487 g/mol. The number of thiophene rings is 1. The lowest BCUT2D eigenvalue weighted by Crippen LogP contribution is -2.17. The number of thioether (sulfide) groups is 1. The predicted molar refractivity (Wildman–Crippen MR) is 130 cm³/mol. The zero-order chi connectivity index (χ0) is 23.8. The Balaban J connectivity index is 1.67. The fraction of sp³-hybridized carbons (Fsp3) is 0.304. The molecule has 33 heavy (non-hydrogen) atoms. The molecule has 0 atom stereocenters. The van der Waals surface area contributed by atoms with Crippen molar-refractivity contribution in [1.29, 1.82) is 0 Å². The van der Waals surface area contributed by atoms with Gasteiger partial charge in [-0.3, -0.25) is 9.36 Å². The summed E-state index contributed by atoms with van der Waals surface area (Å²) in [7, 11) is 1.34. The first-order valence-electron chi connectivity index (χ1n) is 10.3. The summed E-state index contributed by atoms with van der Waals surface area (Å²) in [5, 5.41) is 12.4. The molecular weight excluding hydrogens is 460 g/mol. The lowest BCUT2D eigenvalue weighted by Gasteiger charge is -2.09. The largest absolute Gasteiger partial charge is 0.486 e. The van der Waals surface area contributed by atoms with Crippen LogP contribution in [0.2, 0.25) is 0 Å². The summed E-state index contributed by atoms with van der Waals surface area (Å²) >= 11 is 2.63. The Labute approximate surface area is 201 Å². The summed E-state index contributed by atoms with van der Waals surface area (Å²) in [4.78, 5) is 25.9. The van der Waals surface area contributed by atoms with Crippen LogP contribution in [0.3, 0.4) is 0 Å². The molecule has 0 aliphatic rings. The number of aryl methyl sites for hydroxylation is 1. The molecule has 1 N–H and O–H groups in total. The van der Waals surface area contributed by atoms with Crippen molar-refractivity contribution in [2.24, 2.45) is 0 Å². The maximum Gasteiger partial charge on any atom is 0.341 e. The highest BCUT2D eigenvalue weighted by Crippen LogP contribution is 2.34. The minimum absolute atomic E-state index is 0.105. The Bertz CT molecular complexity index is 1130. The van der Waals surface area contributed by atoms with Gasteiger partial charge in [0.15, 0.2) is 11.0 Å². The van der Waals surface area contributed by atoms with Crippen molar-refractivity contribution < 1.29 is 19.1 Å². The van der Waals surface area contributed by atoms with E-state index in [0.29, 0.717) is 34.5 Å². The molecule has 2 heterocycles. The third-order valence-electron chi connectivity index (χ3n) is 4.75. The second-order valence-corrected chi connectivity index (χ2v) is 9.09. The second-order valence-electron chi connectivity index (χ2n) is 6.92. The molecular formula is C23H26N4O4S2. The molecule has 3 aromatic rings. The number of amides is 1. The number of nitrogens with zero attached hydrogens (tertiary/aromatic N) is 3. The third kappa shape index (κ3) is 6.02. The minimum atomic E-state index is -0.451. The number of nitrogens with one attached hydrogen (secondary N) is 1. The molecule has 0 fully saturated rings. The predicted octanol–water partition coefficient (Wildman–Crippen LogP) is 4.49. The van der Waals surface area contributed by atoms with E-state index in [-0.39, 0.29) is 18.3 Å². The minimum Gasteiger partial charge on any atom is -0.486 e. The zero-order valence-corrected chi connectivity index (χ0v) is 20.4. The Morgan fingerprint density at radius 1 is 1.27 bits per heavy atom. The highest BCUT2D eigenvalue weighted by molar-refractivity contribution is 7.99. The van der Waals surface area contributed by atoms with Gasteiger partial charge in [-0.1, -0.05) is 43.0 Å². The van der Waals surface area contributed by atoms with Crippen LogP contribution in [-0.4, -0.2) is 39.5 Å². The van der Waals surface area contributed by atoms with E-state index in [2.05, 4.69) is 22.1 Å². The lowest BCUT2D eigenvalue weighted by molar-refractivity contribution is -0.113. The van der Waals surface area contributed by atoms with Gasteiger partial charge in [-0.15, -0.1) is 28.1 Å². The van der Waals surface area contributed by atoms with Crippen LogP contribution >= 0.6 is 23.1 Å². The van der Waals surface area contributed by atoms with Crippen LogP contribution in [0.15, 0.2) is 48.1 Å². The number of hydrogen-bond acceptors (Lipinski definition) is 8. The van der Waals surface area contributed by atoms with E-state index in [9.17, 15) is 9.59 Å². The summed E-state index contributed by atoms with van der Waals surface area (Å²) in [6.45, 7) is 8.42. The van der Waals surface area contributed by atoms with Gasteiger partial charge in [-0.25, -0.2) is 4.79 Å². The molecule has 2 aromatic heterocycles. The van der Waals surface area contributed by atoms with E-state index in [4.69, 9.17) is 9.47 Å². The zero-order valence-electron chi connectivity index (χ0n) is 18.8. The number of anilines is 1. The van der Waals surface area contributed by atoms with Crippen molar-refractivity contribution in [3.8, 4) is 5.75 Å². The van der Waals surface area contributed by atoms with Gasteiger partial charge in [-0.2, -0.15) is 0 Å². The van der Waals surface area contributed by atoms with Gasteiger partial charge in [0.25, 0.3) is 0 Å². The second kappa shape index (κ2) is 11.7. The number of aromatic nitrogens is 3. The number of hydrogen-bond donors (Lipinski definition) is 1. The summed E-state index contributed by atoms with van der Waals surface area (Å²) in [5.74, 6) is 0.778. The van der Waals surface area contributed by atoms with E-state index >= 15 is 0 Å². The normalized spacial score (nSPS) is 10.6. The quantitative estimate of drug-likeness (QED) is 0.242. The van der Waals surface area contributed by atoms with Crippen molar-refractivity contribution in [2.75, 3.05) is 18.2 Å². The molecule has 0 saturated heterocycles. The van der Waals surface area contributed by atoms with Crippen LogP contribution in [0, 0.1) is 6.92 Å². The maximum atomic E-state index is 12.7. The van der Waals surface area contributed by atoms with E-state index in [1.807, 2.05) is 48.7 Å². The molecule has 0 bridgehead atoms. The van der Waals surface area contributed by atoms with Gasteiger partial charge in [0, 0.05) is 11.4 Å². The Kier molecular flexibility index (Phi) is 8.67. The smallest absolute Gasteiger partial charge is 0.341 e. The number of esters is 1. The monoisotopic (exact) mass is 486 g/mol. The molecule has 3 rings (SSSR count). The lowest BCUT2D eigenvalue weighted by atomic mass is 10.1. The average Bonchev–Trinajstić information content (AvgIpc) is 3.35. The topological polar surface area (TPSA) is 95.3 Å². The molecule has 0 aliphatic heterocycles. The molecule has 174 valence electrons. The summed E-state index contributed by atoms with van der Waals surface area (Å²) in [5.41, 5.74) is 1.32. The number of carbonyl (C=O) groups is 2. The fourth-order valence-electron chi connectivity index (χ4n) is 3.21. The SMILES string of the molecule is C=CCn1c(COc2ccccc2)nnc1SCC(=O)Nc1sc(C)c(CC)c1C(=O)OC. The first kappa shape index (κ1) is 24.5. The van der Waals surface area contributed by atoms with Gasteiger partial charge in [-0.05, 0) is 31.0 Å². The number of para-hydroxylation sites is 1. The van der Waals surface area contributed by atoms with Crippen molar-refractivity contribution in [3.05, 3.63) is 64.8 Å². The molecule has 0 saturated carbocycles. The van der Waals surface area contributed by atoms with E-state index in [0.717, 1.165) is 16.2 Å². The number of allylic oxidation sites excluding steroid dienone is 1. The molecule has 1 amide bonds. The number of rotatable bonds is 11.